The molecule has 0 radical (unpaired) electrons. The van der Waals surface area contributed by atoms with Gasteiger partial charge in [0.25, 0.3) is 0 Å². The molecule has 0 bridgehead atoms. The molecule has 112 valence electrons. The first kappa shape index (κ1) is 14.5. The second kappa shape index (κ2) is 5.42. The maximum atomic E-state index is 13.3. The lowest BCUT2D eigenvalue weighted by Crippen LogP contribution is -2.21. The van der Waals surface area contributed by atoms with E-state index in [2.05, 4.69) is 31.3 Å². The Bertz CT molecular complexity index is 632. The van der Waals surface area contributed by atoms with Gasteiger partial charge in [0.15, 0.2) is 11.5 Å². The van der Waals surface area contributed by atoms with E-state index in [0.717, 1.165) is 17.5 Å². The van der Waals surface area contributed by atoms with Gasteiger partial charge in [0.1, 0.15) is 0 Å². The molecular weight excluding hydrogens is 349 g/mol. The maximum Gasteiger partial charge on any atom is 0.433 e. The maximum absolute atomic E-state index is 13.3. The van der Waals surface area contributed by atoms with Gasteiger partial charge >= 0.3 is 6.18 Å². The second-order valence-electron chi connectivity index (χ2n) is 4.92. The number of aromatic nitrogens is 3. The quantitative estimate of drug-likeness (QED) is 0.909. The van der Waals surface area contributed by atoms with E-state index in [9.17, 15) is 13.2 Å². The van der Waals surface area contributed by atoms with Crippen LogP contribution in [0.15, 0.2) is 29.0 Å². The van der Waals surface area contributed by atoms with Gasteiger partial charge in [-0.3, -0.25) is 0 Å². The Morgan fingerprint density at radius 3 is 2.62 bits per heavy atom. The Balaban J connectivity index is 1.97. The molecule has 2 aromatic rings. The van der Waals surface area contributed by atoms with Crippen LogP contribution in [0.3, 0.4) is 0 Å². The van der Waals surface area contributed by atoms with Crippen LogP contribution in [0.2, 0.25) is 0 Å². The normalized spacial score (nSPS) is 15.4. The van der Waals surface area contributed by atoms with Crippen LogP contribution in [0, 0.1) is 0 Å². The highest BCUT2D eigenvalue weighted by molar-refractivity contribution is 9.10. The summed E-state index contributed by atoms with van der Waals surface area (Å²) in [5, 5.41) is 6.94. The van der Waals surface area contributed by atoms with Crippen LogP contribution in [0.4, 0.5) is 13.2 Å². The number of hydrogen-bond acceptors (Lipinski definition) is 3. The molecule has 1 aliphatic rings. The lowest BCUT2D eigenvalue weighted by atomic mass is 10.2. The molecule has 2 heterocycles. The van der Waals surface area contributed by atoms with Crippen molar-refractivity contribution in [2.45, 2.75) is 31.6 Å². The van der Waals surface area contributed by atoms with Gasteiger partial charge in [0, 0.05) is 28.8 Å². The van der Waals surface area contributed by atoms with Gasteiger partial charge in [-0.1, -0.05) is 0 Å². The minimum atomic E-state index is -4.48. The van der Waals surface area contributed by atoms with Crippen molar-refractivity contribution >= 4 is 15.9 Å². The van der Waals surface area contributed by atoms with Crippen molar-refractivity contribution in [1.29, 1.82) is 0 Å². The molecule has 0 atom stereocenters. The molecule has 0 unspecified atom stereocenters. The molecule has 0 aromatic carbocycles. The fraction of sp³-hybridized carbons (Fsp3) is 0.385. The van der Waals surface area contributed by atoms with E-state index in [1.165, 1.54) is 18.5 Å². The van der Waals surface area contributed by atoms with Crippen LogP contribution in [0.5, 0.6) is 0 Å². The van der Waals surface area contributed by atoms with Crippen molar-refractivity contribution < 1.29 is 13.2 Å². The largest absolute Gasteiger partial charge is 0.433 e. The Kier molecular flexibility index (Phi) is 3.75. The molecule has 1 saturated carbocycles. The van der Waals surface area contributed by atoms with Gasteiger partial charge in [-0.15, -0.1) is 0 Å². The van der Waals surface area contributed by atoms with Crippen molar-refractivity contribution in [2.75, 3.05) is 0 Å². The number of nitrogens with zero attached hydrogens (tertiary/aromatic N) is 3. The zero-order chi connectivity index (χ0) is 15.0. The van der Waals surface area contributed by atoms with E-state index in [1.807, 2.05) is 0 Å². The molecule has 1 aliphatic carbocycles. The zero-order valence-electron chi connectivity index (χ0n) is 10.9. The van der Waals surface area contributed by atoms with E-state index >= 15 is 0 Å². The average molecular weight is 361 g/mol. The van der Waals surface area contributed by atoms with E-state index in [4.69, 9.17) is 0 Å². The van der Waals surface area contributed by atoms with Crippen LogP contribution in [-0.4, -0.2) is 20.8 Å². The van der Waals surface area contributed by atoms with Crippen molar-refractivity contribution in [3.63, 3.8) is 0 Å². The highest BCUT2D eigenvalue weighted by Gasteiger charge is 2.39. The van der Waals surface area contributed by atoms with Crippen LogP contribution in [0.25, 0.3) is 5.82 Å². The fourth-order valence-corrected chi connectivity index (χ4v) is 2.26. The lowest BCUT2D eigenvalue weighted by Gasteiger charge is -2.12. The summed E-state index contributed by atoms with van der Waals surface area (Å²) >= 11 is 3.20. The highest BCUT2D eigenvalue weighted by atomic mass is 79.9. The lowest BCUT2D eigenvalue weighted by molar-refractivity contribution is -0.143. The minimum absolute atomic E-state index is 0.138. The first-order chi connectivity index (χ1) is 9.95. The summed E-state index contributed by atoms with van der Waals surface area (Å²) in [5.41, 5.74) is -0.635. The Labute approximate surface area is 127 Å². The molecule has 4 nitrogen and oxygen atoms in total. The standard InChI is InChI=1S/C13H12BrF3N4/c14-9-1-4-11(19-7-9)21-12(13(15,16)17)8(6-20-21)5-18-10-2-3-10/h1,4,6-7,10,18H,2-3,5H2. The summed E-state index contributed by atoms with van der Waals surface area (Å²) in [5.74, 6) is 0.142. The van der Waals surface area contributed by atoms with Gasteiger partial charge in [-0.05, 0) is 40.9 Å². The predicted octanol–water partition coefficient (Wildman–Crippen LogP) is 3.30. The number of alkyl halides is 3. The summed E-state index contributed by atoms with van der Waals surface area (Å²) in [7, 11) is 0. The molecular formula is C13H12BrF3N4. The second-order valence-corrected chi connectivity index (χ2v) is 5.83. The third-order valence-corrected chi connectivity index (χ3v) is 3.67. The first-order valence-electron chi connectivity index (χ1n) is 6.44. The van der Waals surface area contributed by atoms with Gasteiger partial charge in [0.05, 0.1) is 6.20 Å². The number of nitrogens with one attached hydrogen (secondary N) is 1. The number of hydrogen-bond donors (Lipinski definition) is 1. The molecule has 3 rings (SSSR count). The Hall–Kier alpha value is -1.41. The molecule has 0 saturated heterocycles. The highest BCUT2D eigenvalue weighted by Crippen LogP contribution is 2.33. The summed E-state index contributed by atoms with van der Waals surface area (Å²) in [6.45, 7) is 0.163. The SMILES string of the molecule is FC(F)(F)c1c(CNC2CC2)cnn1-c1ccc(Br)cn1. The summed E-state index contributed by atoms with van der Waals surface area (Å²) in [6, 6.07) is 3.46. The molecule has 0 aliphatic heterocycles. The van der Waals surface area contributed by atoms with E-state index in [1.54, 1.807) is 6.07 Å². The minimum Gasteiger partial charge on any atom is -0.310 e. The molecule has 21 heavy (non-hydrogen) atoms. The van der Waals surface area contributed by atoms with Crippen LogP contribution in [-0.2, 0) is 12.7 Å². The van der Waals surface area contributed by atoms with E-state index in [-0.39, 0.29) is 17.9 Å². The van der Waals surface area contributed by atoms with Crippen molar-refractivity contribution in [1.82, 2.24) is 20.1 Å². The third-order valence-electron chi connectivity index (χ3n) is 3.20. The van der Waals surface area contributed by atoms with Crippen LogP contribution >= 0.6 is 15.9 Å². The van der Waals surface area contributed by atoms with Gasteiger partial charge in [0.2, 0.25) is 0 Å². The van der Waals surface area contributed by atoms with E-state index in [0.29, 0.717) is 10.5 Å². The molecule has 1 N–H and O–H groups in total. The van der Waals surface area contributed by atoms with Crippen molar-refractivity contribution in [3.05, 3.63) is 40.3 Å². The van der Waals surface area contributed by atoms with Gasteiger partial charge < -0.3 is 5.32 Å². The number of rotatable bonds is 4. The topological polar surface area (TPSA) is 42.7 Å². The van der Waals surface area contributed by atoms with Gasteiger partial charge in [-0.2, -0.15) is 18.3 Å². The third kappa shape index (κ3) is 3.26. The smallest absolute Gasteiger partial charge is 0.310 e. The summed E-state index contributed by atoms with van der Waals surface area (Å²) in [6.07, 6.45) is 0.251. The van der Waals surface area contributed by atoms with Crippen molar-refractivity contribution in [2.24, 2.45) is 0 Å². The molecule has 2 aromatic heterocycles. The fourth-order valence-electron chi connectivity index (χ4n) is 2.02. The molecule has 1 fully saturated rings. The zero-order valence-corrected chi connectivity index (χ0v) is 12.4. The van der Waals surface area contributed by atoms with Gasteiger partial charge in [-0.25, -0.2) is 9.67 Å². The molecule has 0 amide bonds. The van der Waals surface area contributed by atoms with Crippen molar-refractivity contribution in [3.8, 4) is 5.82 Å². The van der Waals surface area contributed by atoms with Crippen LogP contribution in [0.1, 0.15) is 24.1 Å². The Morgan fingerprint density at radius 2 is 2.05 bits per heavy atom. The predicted molar refractivity (Wildman–Crippen MR) is 73.9 cm³/mol. The monoisotopic (exact) mass is 360 g/mol. The number of halogens is 4. The average Bonchev–Trinajstić information content (AvgIpc) is 3.14. The summed E-state index contributed by atoms with van der Waals surface area (Å²) < 4.78 is 41.5. The van der Waals surface area contributed by atoms with Crippen LogP contribution < -0.4 is 5.32 Å². The summed E-state index contributed by atoms with van der Waals surface area (Å²) in [4.78, 5) is 3.98. The molecule has 8 heteroatoms. The Morgan fingerprint density at radius 1 is 1.29 bits per heavy atom. The molecule has 0 spiro atoms. The first-order valence-corrected chi connectivity index (χ1v) is 7.24. The number of pyridine rings is 1. The van der Waals surface area contributed by atoms with E-state index < -0.39 is 11.9 Å².